The second-order valence-electron chi connectivity index (χ2n) is 7.72. The Morgan fingerprint density at radius 2 is 1.97 bits per heavy atom. The van der Waals surface area contributed by atoms with E-state index in [-0.39, 0.29) is 13.0 Å². The van der Waals surface area contributed by atoms with Crippen LogP contribution in [0.5, 0.6) is 5.75 Å². The number of aromatic nitrogens is 2. The molecule has 3 rings (SSSR count). The van der Waals surface area contributed by atoms with Crippen LogP contribution in [0.2, 0.25) is 0 Å². The Balaban J connectivity index is 1.63. The van der Waals surface area contributed by atoms with E-state index in [2.05, 4.69) is 15.3 Å². The van der Waals surface area contributed by atoms with Crippen molar-refractivity contribution in [2.75, 3.05) is 6.61 Å². The summed E-state index contributed by atoms with van der Waals surface area (Å²) < 4.78 is 11.0. The van der Waals surface area contributed by atoms with Crippen LogP contribution < -0.4 is 4.74 Å². The first-order valence-corrected chi connectivity index (χ1v) is 10.3. The SMILES string of the molecule is CCO/N=C(/C)C(C)(Cc1ccc(OCc2nc(-c3cccc(C)c3)no2)cc1)C(=O)O. The Bertz CT molecular complexity index is 1090. The van der Waals surface area contributed by atoms with E-state index in [4.69, 9.17) is 14.1 Å². The predicted octanol–water partition coefficient (Wildman–Crippen LogP) is 4.67. The maximum Gasteiger partial charge on any atom is 0.315 e. The summed E-state index contributed by atoms with van der Waals surface area (Å²) in [5, 5.41) is 17.7. The van der Waals surface area contributed by atoms with Crippen molar-refractivity contribution in [2.45, 2.75) is 40.7 Å². The maximum absolute atomic E-state index is 11.9. The fourth-order valence-corrected chi connectivity index (χ4v) is 3.09. The van der Waals surface area contributed by atoms with Gasteiger partial charge in [-0.05, 0) is 57.9 Å². The molecule has 0 aliphatic carbocycles. The molecule has 0 amide bonds. The van der Waals surface area contributed by atoms with Gasteiger partial charge in [-0.2, -0.15) is 4.98 Å². The zero-order valence-corrected chi connectivity index (χ0v) is 18.7. The molecular formula is C24H27N3O5. The van der Waals surface area contributed by atoms with Gasteiger partial charge in [0.15, 0.2) is 6.61 Å². The molecule has 0 saturated heterocycles. The zero-order chi connectivity index (χ0) is 23.1. The zero-order valence-electron chi connectivity index (χ0n) is 18.7. The summed E-state index contributed by atoms with van der Waals surface area (Å²) in [5.41, 5.74) is 2.08. The van der Waals surface area contributed by atoms with Crippen LogP contribution in [-0.4, -0.2) is 33.5 Å². The van der Waals surface area contributed by atoms with Gasteiger partial charge in [0.05, 0.1) is 5.71 Å². The van der Waals surface area contributed by atoms with Gasteiger partial charge in [-0.25, -0.2) is 0 Å². The number of carbonyl (C=O) groups is 1. The molecule has 0 saturated carbocycles. The fraction of sp³-hybridized carbons (Fsp3) is 0.333. The van der Waals surface area contributed by atoms with Gasteiger partial charge in [0.2, 0.25) is 5.82 Å². The molecule has 0 spiro atoms. The van der Waals surface area contributed by atoms with Crippen LogP contribution in [0.1, 0.15) is 37.8 Å². The molecule has 0 radical (unpaired) electrons. The summed E-state index contributed by atoms with van der Waals surface area (Å²) in [6, 6.07) is 15.1. The quantitative estimate of drug-likeness (QED) is 0.363. The standard InChI is InChI=1S/C24H27N3O5/c1-5-31-26-17(3)24(4,23(28)29)14-18-9-11-20(12-10-18)30-15-21-25-22(27-32-21)19-8-6-7-16(2)13-19/h6-13H,5,14-15H2,1-4H3,(H,28,29)/b26-17-. The molecule has 2 aromatic carbocycles. The number of hydrogen-bond donors (Lipinski definition) is 1. The van der Waals surface area contributed by atoms with Crippen LogP contribution in [0, 0.1) is 12.3 Å². The highest BCUT2D eigenvalue weighted by Crippen LogP contribution is 2.27. The highest BCUT2D eigenvalue weighted by molar-refractivity contribution is 6.04. The molecular weight excluding hydrogens is 410 g/mol. The van der Waals surface area contributed by atoms with E-state index in [1.54, 1.807) is 32.9 Å². The summed E-state index contributed by atoms with van der Waals surface area (Å²) in [4.78, 5) is 21.3. The van der Waals surface area contributed by atoms with Gasteiger partial charge >= 0.3 is 5.97 Å². The summed E-state index contributed by atoms with van der Waals surface area (Å²) in [6.45, 7) is 7.61. The molecule has 0 bridgehead atoms. The van der Waals surface area contributed by atoms with Crippen LogP contribution in [0.25, 0.3) is 11.4 Å². The summed E-state index contributed by atoms with van der Waals surface area (Å²) in [5.74, 6) is 0.534. The van der Waals surface area contributed by atoms with E-state index in [0.717, 1.165) is 16.7 Å². The lowest BCUT2D eigenvalue weighted by atomic mass is 9.80. The fourth-order valence-electron chi connectivity index (χ4n) is 3.09. The number of ether oxygens (including phenoxy) is 1. The van der Waals surface area contributed by atoms with E-state index in [1.165, 1.54) is 0 Å². The average Bonchev–Trinajstić information content (AvgIpc) is 3.26. The molecule has 32 heavy (non-hydrogen) atoms. The van der Waals surface area contributed by atoms with Crippen LogP contribution in [0.15, 0.2) is 58.2 Å². The number of carboxylic acid groups (broad SMARTS) is 1. The van der Waals surface area contributed by atoms with Crippen molar-refractivity contribution in [3.8, 4) is 17.1 Å². The number of carboxylic acids is 1. The summed E-state index contributed by atoms with van der Waals surface area (Å²) in [7, 11) is 0. The normalized spacial score (nSPS) is 13.4. The molecule has 0 aliphatic rings. The van der Waals surface area contributed by atoms with E-state index in [1.807, 2.05) is 43.3 Å². The Kier molecular flexibility index (Phi) is 7.25. The molecule has 168 valence electrons. The Labute approximate surface area is 186 Å². The first kappa shape index (κ1) is 23.0. The van der Waals surface area contributed by atoms with Gasteiger partial charge in [-0.3, -0.25) is 4.79 Å². The average molecular weight is 437 g/mol. The molecule has 1 heterocycles. The molecule has 0 fully saturated rings. The largest absolute Gasteiger partial charge is 0.484 e. The highest BCUT2D eigenvalue weighted by atomic mass is 16.6. The van der Waals surface area contributed by atoms with Crippen LogP contribution in [0.3, 0.4) is 0 Å². The van der Waals surface area contributed by atoms with Crippen molar-refractivity contribution < 1.29 is 24.0 Å². The number of rotatable bonds is 10. The van der Waals surface area contributed by atoms with Crippen molar-refractivity contribution in [2.24, 2.45) is 10.6 Å². The summed E-state index contributed by atoms with van der Waals surface area (Å²) >= 11 is 0. The van der Waals surface area contributed by atoms with E-state index in [0.29, 0.717) is 29.8 Å². The Morgan fingerprint density at radius 3 is 2.62 bits per heavy atom. The first-order valence-electron chi connectivity index (χ1n) is 10.3. The molecule has 0 aliphatic heterocycles. The minimum atomic E-state index is -1.17. The summed E-state index contributed by atoms with van der Waals surface area (Å²) in [6.07, 6.45) is 0.272. The number of benzene rings is 2. The van der Waals surface area contributed by atoms with Gasteiger partial charge in [0, 0.05) is 5.56 Å². The molecule has 8 nitrogen and oxygen atoms in total. The number of hydrogen-bond acceptors (Lipinski definition) is 7. The van der Waals surface area contributed by atoms with Gasteiger partial charge in [0.1, 0.15) is 17.8 Å². The second kappa shape index (κ2) is 10.1. The lowest BCUT2D eigenvalue weighted by Gasteiger charge is -2.24. The third-order valence-corrected chi connectivity index (χ3v) is 5.19. The number of aryl methyl sites for hydroxylation is 1. The number of nitrogens with zero attached hydrogens (tertiary/aromatic N) is 3. The molecule has 1 unspecified atom stereocenters. The minimum Gasteiger partial charge on any atom is -0.484 e. The van der Waals surface area contributed by atoms with Crippen molar-refractivity contribution in [1.29, 1.82) is 0 Å². The number of oxime groups is 1. The van der Waals surface area contributed by atoms with Crippen LogP contribution in [0.4, 0.5) is 0 Å². The predicted molar refractivity (Wildman–Crippen MR) is 119 cm³/mol. The topological polar surface area (TPSA) is 107 Å². The third kappa shape index (κ3) is 5.51. The van der Waals surface area contributed by atoms with Crippen molar-refractivity contribution in [3.63, 3.8) is 0 Å². The molecule has 1 atom stereocenters. The van der Waals surface area contributed by atoms with E-state index in [9.17, 15) is 9.90 Å². The maximum atomic E-state index is 11.9. The van der Waals surface area contributed by atoms with Crippen molar-refractivity contribution in [1.82, 2.24) is 10.1 Å². The van der Waals surface area contributed by atoms with Gasteiger partial charge in [-0.1, -0.05) is 46.2 Å². The van der Waals surface area contributed by atoms with Crippen molar-refractivity contribution in [3.05, 3.63) is 65.5 Å². The van der Waals surface area contributed by atoms with Gasteiger partial charge < -0.3 is 19.2 Å². The lowest BCUT2D eigenvalue weighted by molar-refractivity contribution is -0.144. The molecule has 3 aromatic rings. The molecule has 1 N–H and O–H groups in total. The Morgan fingerprint density at radius 1 is 1.22 bits per heavy atom. The van der Waals surface area contributed by atoms with Gasteiger partial charge in [-0.15, -0.1) is 0 Å². The first-order chi connectivity index (χ1) is 15.3. The van der Waals surface area contributed by atoms with Crippen molar-refractivity contribution >= 4 is 11.7 Å². The number of aliphatic carboxylic acids is 1. The van der Waals surface area contributed by atoms with Gasteiger partial charge in [0.25, 0.3) is 5.89 Å². The highest BCUT2D eigenvalue weighted by Gasteiger charge is 2.37. The second-order valence-corrected chi connectivity index (χ2v) is 7.72. The monoisotopic (exact) mass is 437 g/mol. The lowest BCUT2D eigenvalue weighted by Crippen LogP contribution is -2.37. The minimum absolute atomic E-state index is 0.130. The van der Waals surface area contributed by atoms with Crippen LogP contribution >= 0.6 is 0 Å². The Hall–Kier alpha value is -3.68. The third-order valence-electron chi connectivity index (χ3n) is 5.19. The molecule has 1 aromatic heterocycles. The van der Waals surface area contributed by atoms with E-state index < -0.39 is 11.4 Å². The van der Waals surface area contributed by atoms with E-state index >= 15 is 0 Å². The van der Waals surface area contributed by atoms with Crippen LogP contribution in [-0.2, 0) is 22.7 Å². The smallest absolute Gasteiger partial charge is 0.315 e. The molecule has 8 heteroatoms.